The van der Waals surface area contributed by atoms with Crippen LogP contribution in [-0.4, -0.2) is 62.1 Å². The SMILES string of the molecule is O=C(CN1C(=O)[C@@H]2[C@@H]3CC[C@@H](C3)[C@@H]2C1=O)N1CCC[C@@H](c2ncncc2-c2ccncc2)C1. The summed E-state index contributed by atoms with van der Waals surface area (Å²) < 4.78 is 0. The van der Waals surface area contributed by atoms with E-state index in [1.54, 1.807) is 23.6 Å². The van der Waals surface area contributed by atoms with Crippen LogP contribution in [0.2, 0.25) is 0 Å². The highest BCUT2D eigenvalue weighted by atomic mass is 16.2. The van der Waals surface area contributed by atoms with E-state index in [9.17, 15) is 14.4 Å². The average molecular weight is 446 g/mol. The standard InChI is InChI=1S/C25H27N5O3/c31-20(13-30-24(32)21-16-3-4-17(10-16)22(21)25(30)33)29-9-1-2-18(12-29)23-19(11-27-14-28-23)15-5-7-26-8-6-15/h5-8,11,14,16-18,21-22H,1-4,9-10,12-13H2/t16-,17+,18-,21-,22+/m1/s1. The van der Waals surface area contributed by atoms with Crippen LogP contribution in [0.4, 0.5) is 0 Å². The summed E-state index contributed by atoms with van der Waals surface area (Å²) >= 11 is 0. The summed E-state index contributed by atoms with van der Waals surface area (Å²) in [6.45, 7) is 1.04. The van der Waals surface area contributed by atoms with E-state index in [-0.39, 0.29) is 42.0 Å². The third kappa shape index (κ3) is 3.34. The number of imide groups is 1. The molecule has 4 fully saturated rings. The van der Waals surface area contributed by atoms with E-state index in [2.05, 4.69) is 15.0 Å². The number of hydrogen-bond acceptors (Lipinski definition) is 6. The minimum Gasteiger partial charge on any atom is -0.340 e. The Balaban J connectivity index is 1.18. The second kappa shape index (κ2) is 8.01. The van der Waals surface area contributed by atoms with Crippen molar-refractivity contribution in [2.75, 3.05) is 19.6 Å². The van der Waals surface area contributed by atoms with Gasteiger partial charge in [-0.2, -0.15) is 0 Å². The maximum absolute atomic E-state index is 13.2. The zero-order valence-electron chi connectivity index (χ0n) is 18.5. The molecule has 4 heterocycles. The second-order valence-electron chi connectivity index (χ2n) is 9.88. The van der Waals surface area contributed by atoms with Gasteiger partial charge in [-0.25, -0.2) is 9.97 Å². The van der Waals surface area contributed by atoms with Crippen molar-refractivity contribution in [1.82, 2.24) is 24.8 Å². The van der Waals surface area contributed by atoms with Crippen molar-refractivity contribution >= 4 is 17.7 Å². The van der Waals surface area contributed by atoms with E-state index < -0.39 is 0 Å². The molecule has 5 atom stereocenters. The van der Waals surface area contributed by atoms with Gasteiger partial charge in [-0.05, 0) is 61.6 Å². The van der Waals surface area contributed by atoms with Crippen LogP contribution in [0.3, 0.4) is 0 Å². The van der Waals surface area contributed by atoms with Gasteiger partial charge in [-0.1, -0.05) is 0 Å². The number of rotatable bonds is 4. The average Bonchev–Trinajstić information content (AvgIpc) is 3.55. The zero-order valence-corrected chi connectivity index (χ0v) is 18.5. The Hall–Kier alpha value is -3.16. The molecule has 33 heavy (non-hydrogen) atoms. The lowest BCUT2D eigenvalue weighted by molar-refractivity contribution is -0.147. The van der Waals surface area contributed by atoms with Gasteiger partial charge in [0.15, 0.2) is 0 Å². The molecule has 2 aromatic heterocycles. The van der Waals surface area contributed by atoms with E-state index in [1.165, 1.54) is 4.90 Å². The Bertz CT molecular complexity index is 1080. The van der Waals surface area contributed by atoms with E-state index in [1.807, 2.05) is 18.3 Å². The summed E-state index contributed by atoms with van der Waals surface area (Å²) in [7, 11) is 0. The summed E-state index contributed by atoms with van der Waals surface area (Å²) in [5.41, 5.74) is 2.87. The first-order chi connectivity index (χ1) is 16.1. The number of fused-ring (bicyclic) bond motifs is 5. The molecule has 3 amide bonds. The molecular formula is C25H27N5O3. The van der Waals surface area contributed by atoms with Crippen LogP contribution in [0.5, 0.6) is 0 Å². The monoisotopic (exact) mass is 445 g/mol. The number of carbonyl (C=O) groups is 3. The van der Waals surface area contributed by atoms with Gasteiger partial charge < -0.3 is 4.90 Å². The van der Waals surface area contributed by atoms with Gasteiger partial charge in [-0.15, -0.1) is 0 Å². The lowest BCUT2D eigenvalue weighted by Crippen LogP contribution is -2.46. The van der Waals surface area contributed by atoms with E-state index in [4.69, 9.17) is 0 Å². The zero-order chi connectivity index (χ0) is 22.5. The quantitative estimate of drug-likeness (QED) is 0.670. The fourth-order valence-electron chi connectivity index (χ4n) is 6.71. The van der Waals surface area contributed by atoms with Crippen molar-refractivity contribution < 1.29 is 14.4 Å². The number of likely N-dealkylation sites (tertiary alicyclic amines) is 2. The molecule has 2 saturated carbocycles. The fraction of sp³-hybridized carbons (Fsp3) is 0.520. The number of carbonyl (C=O) groups excluding carboxylic acids is 3. The maximum Gasteiger partial charge on any atom is 0.242 e. The van der Waals surface area contributed by atoms with Crippen molar-refractivity contribution in [3.05, 3.63) is 42.7 Å². The highest BCUT2D eigenvalue weighted by molar-refractivity contribution is 6.08. The highest BCUT2D eigenvalue weighted by Crippen LogP contribution is 2.56. The molecule has 170 valence electrons. The molecule has 6 rings (SSSR count). The summed E-state index contributed by atoms with van der Waals surface area (Å²) in [5.74, 6) is 0.0110. The molecule has 2 bridgehead atoms. The van der Waals surface area contributed by atoms with E-state index in [0.29, 0.717) is 24.9 Å². The summed E-state index contributed by atoms with van der Waals surface area (Å²) in [4.78, 5) is 55.2. The van der Waals surface area contributed by atoms with Crippen LogP contribution < -0.4 is 0 Å². The largest absolute Gasteiger partial charge is 0.340 e. The number of nitrogens with zero attached hydrogens (tertiary/aromatic N) is 5. The van der Waals surface area contributed by atoms with Crippen molar-refractivity contribution in [3.8, 4) is 11.1 Å². The van der Waals surface area contributed by atoms with Crippen LogP contribution in [-0.2, 0) is 14.4 Å². The Morgan fingerprint density at radius 1 is 1.00 bits per heavy atom. The lowest BCUT2D eigenvalue weighted by atomic mass is 9.81. The minimum absolute atomic E-state index is 0.0778. The molecule has 4 aliphatic rings. The first kappa shape index (κ1) is 20.4. The second-order valence-corrected chi connectivity index (χ2v) is 9.88. The van der Waals surface area contributed by atoms with E-state index in [0.717, 1.165) is 48.9 Å². The molecule has 0 spiro atoms. The number of aromatic nitrogens is 3. The van der Waals surface area contributed by atoms with E-state index >= 15 is 0 Å². The number of pyridine rings is 1. The maximum atomic E-state index is 13.2. The topological polar surface area (TPSA) is 96.4 Å². The minimum atomic E-state index is -0.179. The van der Waals surface area contributed by atoms with Gasteiger partial charge in [-0.3, -0.25) is 24.3 Å². The predicted molar refractivity (Wildman–Crippen MR) is 118 cm³/mol. The van der Waals surface area contributed by atoms with Crippen LogP contribution in [0.25, 0.3) is 11.1 Å². The summed E-state index contributed by atoms with van der Waals surface area (Å²) in [5, 5.41) is 0. The van der Waals surface area contributed by atoms with Crippen LogP contribution >= 0.6 is 0 Å². The summed E-state index contributed by atoms with van der Waals surface area (Å²) in [6, 6.07) is 3.87. The summed E-state index contributed by atoms with van der Waals surface area (Å²) in [6.07, 6.45) is 11.7. The third-order valence-corrected chi connectivity index (χ3v) is 8.21. The lowest BCUT2D eigenvalue weighted by Gasteiger charge is -2.34. The Kier molecular flexibility index (Phi) is 4.96. The first-order valence-corrected chi connectivity index (χ1v) is 11.9. The molecule has 8 heteroatoms. The van der Waals surface area contributed by atoms with Crippen molar-refractivity contribution in [3.63, 3.8) is 0 Å². The Labute approximate surface area is 192 Å². The highest BCUT2D eigenvalue weighted by Gasteiger charge is 2.61. The van der Waals surface area contributed by atoms with Crippen molar-refractivity contribution in [2.45, 2.75) is 38.0 Å². The Morgan fingerprint density at radius 3 is 2.45 bits per heavy atom. The smallest absolute Gasteiger partial charge is 0.242 e. The van der Waals surface area contributed by atoms with Crippen LogP contribution in [0, 0.1) is 23.7 Å². The molecule has 0 radical (unpaired) electrons. The number of amides is 3. The molecule has 2 saturated heterocycles. The molecular weight excluding hydrogens is 418 g/mol. The van der Waals surface area contributed by atoms with Gasteiger partial charge in [0.2, 0.25) is 17.7 Å². The normalized spacial score (nSPS) is 30.7. The van der Waals surface area contributed by atoms with Gasteiger partial charge in [0, 0.05) is 43.2 Å². The van der Waals surface area contributed by atoms with Gasteiger partial charge >= 0.3 is 0 Å². The molecule has 2 aliphatic heterocycles. The molecule has 0 unspecified atom stereocenters. The predicted octanol–water partition coefficient (Wildman–Crippen LogP) is 2.28. The van der Waals surface area contributed by atoms with Gasteiger partial charge in [0.1, 0.15) is 12.9 Å². The van der Waals surface area contributed by atoms with Gasteiger partial charge in [0.05, 0.1) is 17.5 Å². The number of hydrogen-bond donors (Lipinski definition) is 0. The number of piperidine rings is 1. The molecule has 0 aromatic carbocycles. The molecule has 8 nitrogen and oxygen atoms in total. The van der Waals surface area contributed by atoms with Crippen LogP contribution in [0.15, 0.2) is 37.1 Å². The third-order valence-electron chi connectivity index (χ3n) is 8.21. The molecule has 0 N–H and O–H groups in total. The first-order valence-electron chi connectivity index (χ1n) is 11.9. The molecule has 2 aromatic rings. The fourth-order valence-corrected chi connectivity index (χ4v) is 6.71. The van der Waals surface area contributed by atoms with Crippen LogP contribution in [0.1, 0.15) is 43.7 Å². The molecule has 2 aliphatic carbocycles. The van der Waals surface area contributed by atoms with Gasteiger partial charge in [0.25, 0.3) is 0 Å². The van der Waals surface area contributed by atoms with Crippen molar-refractivity contribution in [2.24, 2.45) is 23.7 Å². The Morgan fingerprint density at radius 2 is 1.73 bits per heavy atom. The van der Waals surface area contributed by atoms with Crippen molar-refractivity contribution in [1.29, 1.82) is 0 Å².